The average Bonchev–Trinajstić information content (AvgIpc) is 3.02. The predicted octanol–water partition coefficient (Wildman–Crippen LogP) is 2.19. The van der Waals surface area contributed by atoms with Gasteiger partial charge >= 0.3 is 0 Å². The van der Waals surface area contributed by atoms with E-state index in [9.17, 15) is 4.79 Å². The van der Waals surface area contributed by atoms with Crippen molar-refractivity contribution < 1.29 is 14.3 Å². The molecule has 3 N–H and O–H groups in total. The maximum atomic E-state index is 12.3. The molecule has 1 heterocycles. The first kappa shape index (κ1) is 14.5. The molecule has 0 radical (unpaired) electrons. The third-order valence-corrected chi connectivity index (χ3v) is 4.19. The molecule has 114 valence electrons. The summed E-state index contributed by atoms with van der Waals surface area (Å²) in [6, 6.07) is 7.93. The van der Waals surface area contributed by atoms with Crippen LogP contribution in [0.3, 0.4) is 0 Å². The van der Waals surface area contributed by atoms with E-state index < -0.39 is 0 Å². The smallest absolute Gasteiger partial charge is 0.227 e. The van der Waals surface area contributed by atoms with Crippen LogP contribution in [0.25, 0.3) is 0 Å². The van der Waals surface area contributed by atoms with Crippen molar-refractivity contribution in [3.8, 4) is 0 Å². The number of nitrogens with two attached hydrogens (primary N) is 1. The van der Waals surface area contributed by atoms with Gasteiger partial charge in [0.15, 0.2) is 6.29 Å². The molecule has 3 rings (SSSR count). The molecule has 1 aromatic carbocycles. The molecule has 1 aliphatic carbocycles. The number of ether oxygens (including phenoxy) is 2. The van der Waals surface area contributed by atoms with Gasteiger partial charge in [-0.15, -0.1) is 0 Å². The number of benzene rings is 1. The first-order valence-corrected chi connectivity index (χ1v) is 7.62. The third-order valence-electron chi connectivity index (χ3n) is 4.19. The number of amides is 1. The summed E-state index contributed by atoms with van der Waals surface area (Å²) in [5.41, 5.74) is 7.62. The maximum absolute atomic E-state index is 12.3. The molecule has 1 saturated heterocycles. The van der Waals surface area contributed by atoms with Crippen LogP contribution in [-0.2, 0) is 14.3 Å². The minimum atomic E-state index is -0.311. The summed E-state index contributed by atoms with van der Waals surface area (Å²) in [6.07, 6.45) is 3.31. The summed E-state index contributed by atoms with van der Waals surface area (Å²) >= 11 is 0. The fraction of sp³-hybridized carbons (Fsp3) is 0.562. The predicted molar refractivity (Wildman–Crippen MR) is 79.7 cm³/mol. The monoisotopic (exact) mass is 290 g/mol. The van der Waals surface area contributed by atoms with Gasteiger partial charge in [0.1, 0.15) is 0 Å². The molecule has 5 heteroatoms. The summed E-state index contributed by atoms with van der Waals surface area (Å²) in [6.45, 7) is 1.23. The quantitative estimate of drug-likeness (QED) is 0.895. The van der Waals surface area contributed by atoms with Gasteiger partial charge in [-0.1, -0.05) is 12.1 Å². The fourth-order valence-corrected chi connectivity index (χ4v) is 2.94. The van der Waals surface area contributed by atoms with Crippen molar-refractivity contribution in [2.75, 3.05) is 18.5 Å². The molecule has 0 atom stereocenters. The van der Waals surface area contributed by atoms with E-state index in [-0.39, 0.29) is 24.2 Å². The lowest BCUT2D eigenvalue weighted by Gasteiger charge is -2.25. The van der Waals surface area contributed by atoms with Crippen LogP contribution in [0.4, 0.5) is 5.69 Å². The van der Waals surface area contributed by atoms with Crippen LogP contribution < -0.4 is 11.1 Å². The second-order valence-electron chi connectivity index (χ2n) is 5.80. The fourth-order valence-electron chi connectivity index (χ4n) is 2.94. The van der Waals surface area contributed by atoms with Crippen molar-refractivity contribution in [2.45, 2.75) is 38.0 Å². The Hall–Kier alpha value is -1.43. The molecular formula is C16H22N2O3. The van der Waals surface area contributed by atoms with Crippen molar-refractivity contribution in [3.63, 3.8) is 0 Å². The molecule has 0 aromatic heterocycles. The highest BCUT2D eigenvalue weighted by molar-refractivity contribution is 5.92. The Kier molecular flexibility index (Phi) is 4.53. The summed E-state index contributed by atoms with van der Waals surface area (Å²) in [5, 5.41) is 3.00. The van der Waals surface area contributed by atoms with Crippen molar-refractivity contribution in [1.82, 2.24) is 0 Å². The molecule has 21 heavy (non-hydrogen) atoms. The van der Waals surface area contributed by atoms with Crippen LogP contribution in [0.15, 0.2) is 24.3 Å². The largest absolute Gasteiger partial charge is 0.346 e. The van der Waals surface area contributed by atoms with E-state index in [1.165, 1.54) is 0 Å². The van der Waals surface area contributed by atoms with E-state index >= 15 is 0 Å². The van der Waals surface area contributed by atoms with E-state index in [4.69, 9.17) is 15.2 Å². The Labute approximate surface area is 124 Å². The van der Waals surface area contributed by atoms with E-state index in [0.29, 0.717) is 13.2 Å². The zero-order chi connectivity index (χ0) is 14.7. The topological polar surface area (TPSA) is 73.6 Å². The lowest BCUT2D eigenvalue weighted by Crippen LogP contribution is -2.32. The molecule has 2 aliphatic rings. The zero-order valence-corrected chi connectivity index (χ0v) is 12.1. The van der Waals surface area contributed by atoms with Crippen LogP contribution in [0.5, 0.6) is 0 Å². The standard InChI is InChI=1S/C16H22N2O3/c17-13-6-4-11(5-7-13)15(19)18-14-3-1-2-12(10-14)16-20-8-9-21-16/h1-3,10-11,13,16H,4-9,17H2,(H,18,19). The van der Waals surface area contributed by atoms with Crippen LogP contribution in [0, 0.1) is 5.92 Å². The molecule has 0 unspecified atom stereocenters. The first-order chi connectivity index (χ1) is 10.2. The zero-order valence-electron chi connectivity index (χ0n) is 12.1. The summed E-state index contributed by atoms with van der Waals surface area (Å²) in [5.74, 6) is 0.166. The van der Waals surface area contributed by atoms with E-state index in [0.717, 1.165) is 36.9 Å². The van der Waals surface area contributed by atoms with Gasteiger partial charge in [-0.25, -0.2) is 0 Å². The number of hydrogen-bond donors (Lipinski definition) is 2. The molecule has 0 spiro atoms. The van der Waals surface area contributed by atoms with Crippen LogP contribution in [0.1, 0.15) is 37.5 Å². The molecule has 1 aliphatic heterocycles. The lowest BCUT2D eigenvalue weighted by molar-refractivity contribution is -0.120. The summed E-state index contributed by atoms with van der Waals surface area (Å²) in [7, 11) is 0. The van der Waals surface area contributed by atoms with E-state index in [1.807, 2.05) is 24.3 Å². The van der Waals surface area contributed by atoms with Crippen molar-refractivity contribution in [1.29, 1.82) is 0 Å². The van der Waals surface area contributed by atoms with Gasteiger partial charge in [0.05, 0.1) is 13.2 Å². The maximum Gasteiger partial charge on any atom is 0.227 e. The second-order valence-corrected chi connectivity index (χ2v) is 5.80. The summed E-state index contributed by atoms with van der Waals surface area (Å²) < 4.78 is 11.0. The Morgan fingerprint density at radius 3 is 2.57 bits per heavy atom. The first-order valence-electron chi connectivity index (χ1n) is 7.62. The van der Waals surface area contributed by atoms with Gasteiger partial charge in [0.25, 0.3) is 0 Å². The highest BCUT2D eigenvalue weighted by atomic mass is 16.7. The third kappa shape index (κ3) is 3.61. The molecular weight excluding hydrogens is 268 g/mol. The normalized spacial score (nSPS) is 26.7. The molecule has 1 amide bonds. The van der Waals surface area contributed by atoms with Crippen molar-refractivity contribution >= 4 is 11.6 Å². The van der Waals surface area contributed by atoms with Gasteiger partial charge in [0, 0.05) is 23.2 Å². The Bertz CT molecular complexity index is 492. The molecule has 1 saturated carbocycles. The number of nitrogens with one attached hydrogen (secondary N) is 1. The number of anilines is 1. The van der Waals surface area contributed by atoms with Crippen LogP contribution in [-0.4, -0.2) is 25.2 Å². The minimum Gasteiger partial charge on any atom is -0.346 e. The number of rotatable bonds is 3. The lowest BCUT2D eigenvalue weighted by atomic mass is 9.86. The van der Waals surface area contributed by atoms with Gasteiger partial charge in [-0.3, -0.25) is 4.79 Å². The molecule has 5 nitrogen and oxygen atoms in total. The van der Waals surface area contributed by atoms with E-state index in [2.05, 4.69) is 5.32 Å². The number of hydrogen-bond acceptors (Lipinski definition) is 4. The minimum absolute atomic E-state index is 0.0763. The Balaban J connectivity index is 1.61. The highest BCUT2D eigenvalue weighted by Crippen LogP contribution is 2.27. The van der Waals surface area contributed by atoms with Gasteiger partial charge in [0.2, 0.25) is 5.91 Å². The SMILES string of the molecule is NC1CCC(C(=O)Nc2cccc(C3OCCO3)c2)CC1. The number of carbonyl (C=O) groups excluding carboxylic acids is 1. The van der Waals surface area contributed by atoms with E-state index in [1.54, 1.807) is 0 Å². The van der Waals surface area contributed by atoms with Crippen molar-refractivity contribution in [3.05, 3.63) is 29.8 Å². The number of carbonyl (C=O) groups is 1. The van der Waals surface area contributed by atoms with Crippen LogP contribution in [0.2, 0.25) is 0 Å². The van der Waals surface area contributed by atoms with Gasteiger partial charge in [-0.2, -0.15) is 0 Å². The molecule has 1 aromatic rings. The van der Waals surface area contributed by atoms with Crippen LogP contribution >= 0.6 is 0 Å². The second kappa shape index (κ2) is 6.56. The highest BCUT2D eigenvalue weighted by Gasteiger charge is 2.25. The molecule has 2 fully saturated rings. The summed E-state index contributed by atoms with van der Waals surface area (Å²) in [4.78, 5) is 12.3. The molecule has 0 bridgehead atoms. The van der Waals surface area contributed by atoms with Gasteiger partial charge < -0.3 is 20.5 Å². The van der Waals surface area contributed by atoms with Crippen molar-refractivity contribution in [2.24, 2.45) is 11.7 Å². The Morgan fingerprint density at radius 2 is 1.86 bits per heavy atom. The average molecular weight is 290 g/mol. The Morgan fingerprint density at radius 1 is 1.14 bits per heavy atom. The van der Waals surface area contributed by atoms with Gasteiger partial charge in [-0.05, 0) is 37.8 Å².